The van der Waals surface area contributed by atoms with E-state index >= 15 is 0 Å². The number of hydrogen-bond donors (Lipinski definition) is 1. The molecule has 1 N–H and O–H groups in total. The molecule has 136 valence electrons. The molecule has 0 atom stereocenters. The summed E-state index contributed by atoms with van der Waals surface area (Å²) in [5.74, 6) is 0.317. The number of nitro groups is 1. The van der Waals surface area contributed by atoms with E-state index in [0.717, 1.165) is 4.88 Å². The number of benzene rings is 1. The average Bonchev–Trinajstić information content (AvgIpc) is 3.42. The average molecular weight is 382 g/mol. The van der Waals surface area contributed by atoms with Crippen molar-refractivity contribution in [1.29, 1.82) is 0 Å². The monoisotopic (exact) mass is 382 g/mol. The van der Waals surface area contributed by atoms with Crippen molar-refractivity contribution >= 4 is 33.8 Å². The standard InChI is InChI=1S/C18H14N4O4S/c23-18(17-15-9-12(22(24)25)5-6-16(15)19-20-17)21(10-13-3-1-7-26-13)11-14-4-2-8-27-14/h1-9H,10-11H2,(H,19,20). The molecule has 4 aromatic rings. The van der Waals surface area contributed by atoms with Crippen LogP contribution in [0.25, 0.3) is 10.9 Å². The quantitative estimate of drug-likeness (QED) is 0.401. The van der Waals surface area contributed by atoms with Crippen LogP contribution in [-0.4, -0.2) is 25.9 Å². The number of furan rings is 1. The Bertz CT molecular complexity index is 1050. The molecule has 0 spiro atoms. The predicted molar refractivity (Wildman–Crippen MR) is 99.4 cm³/mol. The number of hydrogen-bond acceptors (Lipinski definition) is 6. The second kappa shape index (κ2) is 7.04. The minimum absolute atomic E-state index is 0.0891. The van der Waals surface area contributed by atoms with Crippen molar-refractivity contribution in [3.8, 4) is 0 Å². The van der Waals surface area contributed by atoms with E-state index in [1.165, 1.54) is 12.1 Å². The van der Waals surface area contributed by atoms with Crippen LogP contribution in [-0.2, 0) is 13.1 Å². The van der Waals surface area contributed by atoms with Gasteiger partial charge in [-0.1, -0.05) is 6.07 Å². The fourth-order valence-corrected chi connectivity index (χ4v) is 3.53. The van der Waals surface area contributed by atoms with Gasteiger partial charge in [0.15, 0.2) is 5.69 Å². The van der Waals surface area contributed by atoms with E-state index in [1.54, 1.807) is 40.7 Å². The molecular formula is C18H14N4O4S. The van der Waals surface area contributed by atoms with Gasteiger partial charge in [0.1, 0.15) is 5.76 Å². The summed E-state index contributed by atoms with van der Waals surface area (Å²) >= 11 is 1.55. The number of nitro benzene ring substituents is 1. The first-order valence-electron chi connectivity index (χ1n) is 8.08. The highest BCUT2D eigenvalue weighted by Gasteiger charge is 2.24. The maximum Gasteiger partial charge on any atom is 0.275 e. The number of carbonyl (C=O) groups excluding carboxylic acids is 1. The first kappa shape index (κ1) is 17.0. The van der Waals surface area contributed by atoms with Gasteiger partial charge in [-0.15, -0.1) is 11.3 Å². The number of aromatic amines is 1. The summed E-state index contributed by atoms with van der Waals surface area (Å²) in [5.41, 5.74) is 0.628. The molecule has 0 bridgehead atoms. The molecule has 0 aliphatic heterocycles. The first-order chi connectivity index (χ1) is 13.1. The van der Waals surface area contributed by atoms with Crippen LogP contribution in [0.15, 0.2) is 58.5 Å². The smallest absolute Gasteiger partial charge is 0.275 e. The lowest BCUT2D eigenvalue weighted by atomic mass is 10.1. The van der Waals surface area contributed by atoms with E-state index in [1.807, 2.05) is 17.5 Å². The highest BCUT2D eigenvalue weighted by molar-refractivity contribution is 7.09. The zero-order chi connectivity index (χ0) is 18.8. The molecule has 0 fully saturated rings. The van der Waals surface area contributed by atoms with Crippen LogP contribution in [0.3, 0.4) is 0 Å². The summed E-state index contributed by atoms with van der Waals surface area (Å²) in [6, 6.07) is 11.7. The zero-order valence-corrected chi connectivity index (χ0v) is 14.8. The van der Waals surface area contributed by atoms with Gasteiger partial charge in [0, 0.05) is 22.4 Å². The molecule has 0 saturated carbocycles. The Morgan fingerprint density at radius 2 is 2.15 bits per heavy atom. The van der Waals surface area contributed by atoms with Crippen molar-refractivity contribution in [2.24, 2.45) is 0 Å². The Morgan fingerprint density at radius 1 is 1.26 bits per heavy atom. The maximum absolute atomic E-state index is 13.2. The van der Waals surface area contributed by atoms with Gasteiger partial charge in [-0.3, -0.25) is 20.0 Å². The van der Waals surface area contributed by atoms with Crippen molar-refractivity contribution < 1.29 is 14.1 Å². The highest BCUT2D eigenvalue weighted by Crippen LogP contribution is 2.24. The third-order valence-electron chi connectivity index (χ3n) is 4.10. The van der Waals surface area contributed by atoms with E-state index in [4.69, 9.17) is 4.42 Å². The van der Waals surface area contributed by atoms with Crippen LogP contribution in [0.2, 0.25) is 0 Å². The van der Waals surface area contributed by atoms with Crippen LogP contribution >= 0.6 is 11.3 Å². The van der Waals surface area contributed by atoms with E-state index in [-0.39, 0.29) is 23.8 Å². The van der Waals surface area contributed by atoms with Crippen molar-refractivity contribution in [2.45, 2.75) is 13.1 Å². The second-order valence-electron chi connectivity index (χ2n) is 5.88. The van der Waals surface area contributed by atoms with Crippen LogP contribution < -0.4 is 0 Å². The number of thiophene rings is 1. The van der Waals surface area contributed by atoms with Crippen molar-refractivity contribution in [3.63, 3.8) is 0 Å². The molecule has 0 unspecified atom stereocenters. The molecule has 0 aliphatic rings. The largest absolute Gasteiger partial charge is 0.467 e. The highest BCUT2D eigenvalue weighted by atomic mass is 32.1. The topological polar surface area (TPSA) is 105 Å². The fraction of sp³-hybridized carbons (Fsp3) is 0.111. The third kappa shape index (κ3) is 3.44. The van der Waals surface area contributed by atoms with E-state index < -0.39 is 4.92 Å². The predicted octanol–water partition coefficient (Wildman–Crippen LogP) is 3.97. The maximum atomic E-state index is 13.2. The SMILES string of the molecule is O=C(c1n[nH]c2ccc([N+](=O)[O-])cc12)N(Cc1ccco1)Cc1cccs1. The Balaban J connectivity index is 1.70. The number of rotatable bonds is 6. The number of nitrogens with zero attached hydrogens (tertiary/aromatic N) is 3. The Morgan fingerprint density at radius 3 is 2.85 bits per heavy atom. The van der Waals surface area contributed by atoms with Gasteiger partial charge in [0.05, 0.1) is 29.8 Å². The number of nitrogens with one attached hydrogen (secondary N) is 1. The number of fused-ring (bicyclic) bond motifs is 1. The van der Waals surface area contributed by atoms with Gasteiger partial charge in [0.2, 0.25) is 0 Å². The number of non-ortho nitro benzene ring substituents is 1. The molecule has 3 aromatic heterocycles. The summed E-state index contributed by atoms with van der Waals surface area (Å²) in [6.45, 7) is 0.660. The fourth-order valence-electron chi connectivity index (χ4n) is 2.81. The van der Waals surface area contributed by atoms with Crippen molar-refractivity contribution in [2.75, 3.05) is 0 Å². The number of H-pyrrole nitrogens is 1. The molecule has 0 radical (unpaired) electrons. The van der Waals surface area contributed by atoms with Gasteiger partial charge in [-0.2, -0.15) is 5.10 Å². The minimum atomic E-state index is -0.493. The molecule has 4 rings (SSSR count). The van der Waals surface area contributed by atoms with Gasteiger partial charge >= 0.3 is 0 Å². The van der Waals surface area contributed by atoms with Crippen LogP contribution in [0.5, 0.6) is 0 Å². The van der Waals surface area contributed by atoms with E-state index in [9.17, 15) is 14.9 Å². The minimum Gasteiger partial charge on any atom is -0.467 e. The van der Waals surface area contributed by atoms with Crippen molar-refractivity contribution in [3.05, 3.63) is 80.6 Å². The van der Waals surface area contributed by atoms with E-state index in [0.29, 0.717) is 23.2 Å². The molecule has 3 heterocycles. The lowest BCUT2D eigenvalue weighted by molar-refractivity contribution is -0.384. The number of carbonyl (C=O) groups is 1. The second-order valence-corrected chi connectivity index (χ2v) is 6.91. The Kier molecular flexibility index (Phi) is 4.43. The summed E-state index contributed by atoms with van der Waals surface area (Å²) in [6.07, 6.45) is 1.55. The molecule has 0 saturated heterocycles. The molecular weight excluding hydrogens is 368 g/mol. The molecule has 8 nitrogen and oxygen atoms in total. The molecule has 27 heavy (non-hydrogen) atoms. The third-order valence-corrected chi connectivity index (χ3v) is 4.96. The van der Waals surface area contributed by atoms with Gasteiger partial charge in [-0.25, -0.2) is 0 Å². The molecule has 0 aliphatic carbocycles. The molecule has 1 aromatic carbocycles. The lowest BCUT2D eigenvalue weighted by Crippen LogP contribution is -2.30. The van der Waals surface area contributed by atoms with Crippen LogP contribution in [0.1, 0.15) is 21.1 Å². The van der Waals surface area contributed by atoms with Crippen LogP contribution in [0.4, 0.5) is 5.69 Å². The van der Waals surface area contributed by atoms with Gasteiger partial charge in [-0.05, 0) is 29.6 Å². The Hall–Kier alpha value is -3.46. The molecule has 9 heteroatoms. The van der Waals surface area contributed by atoms with Gasteiger partial charge in [0.25, 0.3) is 11.6 Å². The zero-order valence-electron chi connectivity index (χ0n) is 14.0. The molecule has 1 amide bonds. The van der Waals surface area contributed by atoms with E-state index in [2.05, 4.69) is 10.2 Å². The summed E-state index contributed by atoms with van der Waals surface area (Å²) in [4.78, 5) is 26.4. The summed E-state index contributed by atoms with van der Waals surface area (Å²) < 4.78 is 5.38. The first-order valence-corrected chi connectivity index (χ1v) is 8.96. The summed E-state index contributed by atoms with van der Waals surface area (Å²) in [5, 5.41) is 20.3. The number of amides is 1. The normalized spacial score (nSPS) is 11.0. The van der Waals surface area contributed by atoms with Crippen molar-refractivity contribution in [1.82, 2.24) is 15.1 Å². The van der Waals surface area contributed by atoms with Crippen LogP contribution in [0, 0.1) is 10.1 Å². The summed E-state index contributed by atoms with van der Waals surface area (Å²) in [7, 11) is 0. The lowest BCUT2D eigenvalue weighted by Gasteiger charge is -2.20. The van der Waals surface area contributed by atoms with Gasteiger partial charge < -0.3 is 9.32 Å². The Labute approximate surface area is 157 Å². The number of aromatic nitrogens is 2.